The lowest BCUT2D eigenvalue weighted by atomic mass is 9.96. The quantitative estimate of drug-likeness (QED) is 0.727. The maximum absolute atomic E-state index is 13.5. The predicted octanol–water partition coefficient (Wildman–Crippen LogP) is 3.10. The summed E-state index contributed by atoms with van der Waals surface area (Å²) in [5, 5.41) is 0.713. The van der Waals surface area contributed by atoms with Gasteiger partial charge in [0, 0.05) is 66.9 Å². The summed E-state index contributed by atoms with van der Waals surface area (Å²) in [5.41, 5.74) is 3.62. The van der Waals surface area contributed by atoms with E-state index in [2.05, 4.69) is 21.9 Å². The third kappa shape index (κ3) is 3.51. The first-order valence-corrected chi connectivity index (χ1v) is 10.2. The van der Waals surface area contributed by atoms with Gasteiger partial charge < -0.3 is 14.8 Å². The molecule has 2 aliphatic heterocycles. The molecule has 5 rings (SSSR count). The molecule has 2 aliphatic rings. The smallest absolute Gasteiger partial charge is 0.270 e. The fourth-order valence-electron chi connectivity index (χ4n) is 4.43. The van der Waals surface area contributed by atoms with E-state index in [1.165, 1.54) is 17.7 Å². The zero-order valence-corrected chi connectivity index (χ0v) is 16.5. The maximum Gasteiger partial charge on any atom is 0.270 e. The number of carbonyl (C=O) groups is 1. The molecule has 0 aliphatic carbocycles. The normalized spacial score (nSPS) is 20.1. The molecule has 4 heterocycles. The molecule has 1 saturated heterocycles. The molecule has 0 spiro atoms. The molecule has 0 bridgehead atoms. The van der Waals surface area contributed by atoms with E-state index in [9.17, 15) is 9.18 Å². The van der Waals surface area contributed by atoms with Crippen LogP contribution in [0.5, 0.6) is 0 Å². The SMILES string of the molecule is CN1CCc2nc([C@@H]3CCCN(C(=O)c4cc5cc(F)ccc5[nH]4)C3)ncc2C1. The molecule has 1 amide bonds. The number of aromatic nitrogens is 3. The minimum absolute atomic E-state index is 0.0501. The van der Waals surface area contributed by atoms with Crippen molar-refractivity contribution in [3.63, 3.8) is 0 Å². The van der Waals surface area contributed by atoms with E-state index >= 15 is 0 Å². The number of likely N-dealkylation sites (tertiary alicyclic amines) is 1. The summed E-state index contributed by atoms with van der Waals surface area (Å²) in [4.78, 5) is 29.8. The fourth-order valence-corrected chi connectivity index (χ4v) is 4.43. The van der Waals surface area contributed by atoms with Gasteiger partial charge in [-0.2, -0.15) is 0 Å². The van der Waals surface area contributed by atoms with Gasteiger partial charge in [0.05, 0.1) is 0 Å². The van der Waals surface area contributed by atoms with Crippen LogP contribution >= 0.6 is 0 Å². The highest BCUT2D eigenvalue weighted by Gasteiger charge is 2.29. The van der Waals surface area contributed by atoms with E-state index in [0.717, 1.165) is 55.9 Å². The number of halogens is 1. The fraction of sp³-hybridized carbons (Fsp3) is 0.409. The number of rotatable bonds is 2. The number of likely N-dealkylation sites (N-methyl/N-ethyl adjacent to an activating group) is 1. The molecular formula is C22H24FN5O. The maximum atomic E-state index is 13.5. The van der Waals surface area contributed by atoms with Crippen LogP contribution < -0.4 is 0 Å². The molecule has 150 valence electrons. The number of piperidine rings is 1. The molecule has 0 unspecified atom stereocenters. The molecule has 1 atom stereocenters. The summed E-state index contributed by atoms with van der Waals surface area (Å²) in [6.07, 6.45) is 4.82. The van der Waals surface area contributed by atoms with Crippen molar-refractivity contribution in [2.75, 3.05) is 26.7 Å². The Bertz CT molecular complexity index is 1080. The van der Waals surface area contributed by atoms with Crippen LogP contribution in [0.1, 0.15) is 46.3 Å². The molecule has 3 aromatic rings. The zero-order chi connectivity index (χ0) is 20.0. The third-order valence-corrected chi connectivity index (χ3v) is 6.03. The lowest BCUT2D eigenvalue weighted by Crippen LogP contribution is -2.40. The topological polar surface area (TPSA) is 65.1 Å². The van der Waals surface area contributed by atoms with Gasteiger partial charge in [-0.1, -0.05) is 0 Å². The van der Waals surface area contributed by atoms with E-state index in [0.29, 0.717) is 17.6 Å². The number of H-pyrrole nitrogens is 1. The Labute approximate surface area is 168 Å². The largest absolute Gasteiger partial charge is 0.351 e. The second-order valence-corrected chi connectivity index (χ2v) is 8.19. The van der Waals surface area contributed by atoms with Gasteiger partial charge in [-0.3, -0.25) is 4.79 Å². The van der Waals surface area contributed by atoms with Crippen molar-refractivity contribution in [1.82, 2.24) is 24.8 Å². The van der Waals surface area contributed by atoms with Crippen LogP contribution in [0.2, 0.25) is 0 Å². The Kier molecular flexibility index (Phi) is 4.54. The number of amides is 1. The lowest BCUT2D eigenvalue weighted by Gasteiger charge is -2.32. The Balaban J connectivity index is 1.35. The summed E-state index contributed by atoms with van der Waals surface area (Å²) >= 11 is 0. The van der Waals surface area contributed by atoms with E-state index in [1.54, 1.807) is 12.1 Å². The van der Waals surface area contributed by atoms with E-state index in [-0.39, 0.29) is 17.6 Å². The number of carbonyl (C=O) groups excluding carboxylic acids is 1. The summed E-state index contributed by atoms with van der Waals surface area (Å²) in [5.74, 6) is 0.652. The third-order valence-electron chi connectivity index (χ3n) is 6.03. The second kappa shape index (κ2) is 7.22. The first kappa shape index (κ1) is 18.2. The first-order chi connectivity index (χ1) is 14.1. The van der Waals surface area contributed by atoms with Crippen LogP contribution in [0.15, 0.2) is 30.5 Å². The highest BCUT2D eigenvalue weighted by molar-refractivity contribution is 5.98. The molecule has 1 aromatic carbocycles. The van der Waals surface area contributed by atoms with Crippen LogP contribution in [0, 0.1) is 5.82 Å². The minimum Gasteiger partial charge on any atom is -0.351 e. The Hall–Kier alpha value is -2.80. The summed E-state index contributed by atoms with van der Waals surface area (Å²) in [7, 11) is 2.11. The average Bonchev–Trinajstić information content (AvgIpc) is 3.16. The van der Waals surface area contributed by atoms with Gasteiger partial charge in [-0.15, -0.1) is 0 Å². The molecule has 0 radical (unpaired) electrons. The molecule has 6 nitrogen and oxygen atoms in total. The zero-order valence-electron chi connectivity index (χ0n) is 16.5. The summed E-state index contributed by atoms with van der Waals surface area (Å²) < 4.78 is 13.5. The van der Waals surface area contributed by atoms with Crippen molar-refractivity contribution in [1.29, 1.82) is 0 Å². The van der Waals surface area contributed by atoms with E-state index in [4.69, 9.17) is 4.98 Å². The molecule has 1 N–H and O–H groups in total. The van der Waals surface area contributed by atoms with Gasteiger partial charge in [0.2, 0.25) is 0 Å². The van der Waals surface area contributed by atoms with Crippen LogP contribution in [0.4, 0.5) is 4.39 Å². The van der Waals surface area contributed by atoms with Gasteiger partial charge in [-0.05, 0) is 44.2 Å². The van der Waals surface area contributed by atoms with Crippen molar-refractivity contribution in [3.05, 3.63) is 59.1 Å². The van der Waals surface area contributed by atoms with Crippen molar-refractivity contribution in [2.24, 2.45) is 0 Å². The van der Waals surface area contributed by atoms with Crippen LogP contribution in [-0.2, 0) is 13.0 Å². The number of hydrogen-bond donors (Lipinski definition) is 1. The van der Waals surface area contributed by atoms with Gasteiger partial charge in [0.25, 0.3) is 5.91 Å². The van der Waals surface area contributed by atoms with Crippen LogP contribution in [0.25, 0.3) is 10.9 Å². The van der Waals surface area contributed by atoms with E-state index < -0.39 is 0 Å². The number of fused-ring (bicyclic) bond motifs is 2. The summed E-state index contributed by atoms with van der Waals surface area (Å²) in [6.45, 7) is 3.24. The number of hydrogen-bond acceptors (Lipinski definition) is 4. The first-order valence-electron chi connectivity index (χ1n) is 10.2. The predicted molar refractivity (Wildman–Crippen MR) is 108 cm³/mol. The lowest BCUT2D eigenvalue weighted by molar-refractivity contribution is 0.0699. The molecule has 2 aromatic heterocycles. The van der Waals surface area contributed by atoms with Gasteiger partial charge in [0.15, 0.2) is 0 Å². The Morgan fingerprint density at radius 1 is 1.28 bits per heavy atom. The monoisotopic (exact) mass is 393 g/mol. The van der Waals surface area contributed by atoms with Crippen molar-refractivity contribution in [2.45, 2.75) is 31.7 Å². The van der Waals surface area contributed by atoms with Crippen molar-refractivity contribution in [3.8, 4) is 0 Å². The van der Waals surface area contributed by atoms with Crippen LogP contribution in [0.3, 0.4) is 0 Å². The molecule has 0 saturated carbocycles. The Morgan fingerprint density at radius 3 is 3.07 bits per heavy atom. The van der Waals surface area contributed by atoms with Gasteiger partial charge >= 0.3 is 0 Å². The second-order valence-electron chi connectivity index (χ2n) is 8.19. The Morgan fingerprint density at radius 2 is 2.17 bits per heavy atom. The molecule has 29 heavy (non-hydrogen) atoms. The standard InChI is InChI=1S/C22H24FN5O/c1-27-8-6-19-16(12-27)11-24-21(26-19)14-3-2-7-28(13-14)22(29)20-10-15-9-17(23)4-5-18(15)25-20/h4-5,9-11,14,25H,2-3,6-8,12-13H2,1H3/t14-/m1/s1. The number of aromatic amines is 1. The highest BCUT2D eigenvalue weighted by Crippen LogP contribution is 2.27. The highest BCUT2D eigenvalue weighted by atomic mass is 19.1. The van der Waals surface area contributed by atoms with Crippen LogP contribution in [-0.4, -0.2) is 57.3 Å². The number of nitrogens with one attached hydrogen (secondary N) is 1. The van der Waals surface area contributed by atoms with Gasteiger partial charge in [0.1, 0.15) is 17.3 Å². The van der Waals surface area contributed by atoms with Crippen molar-refractivity contribution < 1.29 is 9.18 Å². The minimum atomic E-state index is -0.302. The average molecular weight is 393 g/mol. The molecular weight excluding hydrogens is 369 g/mol. The summed E-state index contributed by atoms with van der Waals surface area (Å²) in [6, 6.07) is 6.24. The van der Waals surface area contributed by atoms with Gasteiger partial charge in [-0.25, -0.2) is 14.4 Å². The number of nitrogens with zero attached hydrogens (tertiary/aromatic N) is 4. The molecule has 1 fully saturated rings. The molecule has 7 heteroatoms. The van der Waals surface area contributed by atoms with E-state index in [1.807, 2.05) is 11.1 Å². The van der Waals surface area contributed by atoms with Crippen molar-refractivity contribution >= 4 is 16.8 Å². The number of benzene rings is 1.